The van der Waals surface area contributed by atoms with Crippen LogP contribution < -0.4 is 10.6 Å². The van der Waals surface area contributed by atoms with Crippen molar-refractivity contribution < 1.29 is 31.1 Å². The van der Waals surface area contributed by atoms with Crippen molar-refractivity contribution in [3.05, 3.63) is 60.2 Å². The smallest absolute Gasteiger partial charge is 0.344 e. The van der Waals surface area contributed by atoms with Crippen LogP contribution in [0.2, 0.25) is 0 Å². The molecule has 13 heteroatoms. The molecule has 3 aromatic heterocycles. The Morgan fingerprint density at radius 3 is 2.30 bits per heavy atom. The zero-order valence-electron chi connectivity index (χ0n) is 16.6. The highest BCUT2D eigenvalue weighted by atomic mass is 19.4. The molecule has 0 aliphatic carbocycles. The number of halogens is 6. The average Bonchev–Trinajstić information content (AvgIpc) is 3.31. The van der Waals surface area contributed by atoms with Crippen LogP contribution in [0, 0.1) is 0 Å². The molecule has 4 rings (SSSR count). The molecular formula is C20H14F6N6O. The number of amides is 2. The van der Waals surface area contributed by atoms with E-state index in [0.29, 0.717) is 0 Å². The van der Waals surface area contributed by atoms with Crippen molar-refractivity contribution in [2.75, 3.05) is 10.6 Å². The number of hydrogen-bond acceptors (Lipinski definition) is 3. The summed E-state index contributed by atoms with van der Waals surface area (Å²) in [6, 6.07) is 4.33. The molecule has 7 nitrogen and oxygen atoms in total. The number of carbonyl (C=O) groups is 1. The van der Waals surface area contributed by atoms with Crippen LogP contribution in [0.4, 0.5) is 42.5 Å². The van der Waals surface area contributed by atoms with Gasteiger partial charge in [0.25, 0.3) is 0 Å². The Hall–Kier alpha value is -4.03. The first-order chi connectivity index (χ1) is 15.4. The van der Waals surface area contributed by atoms with E-state index >= 15 is 0 Å². The van der Waals surface area contributed by atoms with E-state index in [-0.39, 0.29) is 33.5 Å². The number of urea groups is 1. The summed E-state index contributed by atoms with van der Waals surface area (Å²) in [4.78, 5) is 19.2. The third-order valence-corrected chi connectivity index (χ3v) is 4.68. The predicted molar refractivity (Wildman–Crippen MR) is 107 cm³/mol. The summed E-state index contributed by atoms with van der Waals surface area (Å²) in [6.45, 7) is 0. The standard InChI is InChI=1S/C20H14F6N6O/c1-32-9-13(16(31-32)20(24,25)26)12-6-7-27-17-15(12)14(8-28-17)30-18(33)29-11-4-2-10(3-5-11)19(21,22)23/h2-9H,1H3,(H,27,28)(H2,29,30,33). The van der Waals surface area contributed by atoms with Gasteiger partial charge in [-0.3, -0.25) is 4.68 Å². The van der Waals surface area contributed by atoms with Gasteiger partial charge in [0.1, 0.15) is 5.65 Å². The van der Waals surface area contributed by atoms with E-state index < -0.39 is 29.6 Å². The van der Waals surface area contributed by atoms with Gasteiger partial charge in [0.2, 0.25) is 0 Å². The molecule has 0 saturated heterocycles. The Morgan fingerprint density at radius 1 is 0.970 bits per heavy atom. The molecule has 0 radical (unpaired) electrons. The minimum absolute atomic E-state index is 0.0882. The highest BCUT2D eigenvalue weighted by Crippen LogP contribution is 2.40. The van der Waals surface area contributed by atoms with E-state index in [2.05, 4.69) is 25.7 Å². The highest BCUT2D eigenvalue weighted by molar-refractivity contribution is 6.09. The molecule has 0 saturated carbocycles. The number of nitrogens with zero attached hydrogens (tertiary/aromatic N) is 3. The minimum Gasteiger partial charge on any atom is -0.344 e. The van der Waals surface area contributed by atoms with Crippen LogP contribution in [0.3, 0.4) is 0 Å². The van der Waals surface area contributed by atoms with Crippen molar-refractivity contribution in [2.24, 2.45) is 7.05 Å². The summed E-state index contributed by atoms with van der Waals surface area (Å²) in [5.74, 6) is 0. The van der Waals surface area contributed by atoms with Gasteiger partial charge < -0.3 is 15.6 Å². The van der Waals surface area contributed by atoms with Gasteiger partial charge in [0.05, 0.1) is 16.6 Å². The normalized spacial score (nSPS) is 12.2. The van der Waals surface area contributed by atoms with Crippen molar-refractivity contribution in [3.8, 4) is 11.1 Å². The third kappa shape index (κ3) is 4.47. The first-order valence-corrected chi connectivity index (χ1v) is 9.26. The molecule has 0 bridgehead atoms. The topological polar surface area (TPSA) is 87.6 Å². The van der Waals surface area contributed by atoms with Gasteiger partial charge in [-0.25, -0.2) is 9.78 Å². The Balaban J connectivity index is 1.65. The summed E-state index contributed by atoms with van der Waals surface area (Å²) in [6.07, 6.45) is -5.37. The van der Waals surface area contributed by atoms with Crippen LogP contribution >= 0.6 is 0 Å². The number of benzene rings is 1. The molecule has 4 aromatic rings. The van der Waals surface area contributed by atoms with Crippen LogP contribution in [0.5, 0.6) is 0 Å². The number of aromatic amines is 1. The minimum atomic E-state index is -4.71. The average molecular weight is 468 g/mol. The Labute approximate surface area is 181 Å². The molecule has 0 spiro atoms. The number of carbonyl (C=O) groups excluding carboxylic acids is 1. The maximum absolute atomic E-state index is 13.5. The summed E-state index contributed by atoms with van der Waals surface area (Å²) < 4.78 is 79.5. The second kappa shape index (κ2) is 7.83. The van der Waals surface area contributed by atoms with E-state index in [1.165, 1.54) is 31.7 Å². The lowest BCUT2D eigenvalue weighted by Crippen LogP contribution is -2.19. The zero-order valence-corrected chi connectivity index (χ0v) is 16.6. The molecule has 1 aromatic carbocycles. The second-order valence-electron chi connectivity index (χ2n) is 7.00. The number of aromatic nitrogens is 4. The van der Waals surface area contributed by atoms with Crippen LogP contribution in [0.25, 0.3) is 22.2 Å². The maximum atomic E-state index is 13.5. The third-order valence-electron chi connectivity index (χ3n) is 4.68. The van der Waals surface area contributed by atoms with Crippen LogP contribution in [0.15, 0.2) is 48.9 Å². The van der Waals surface area contributed by atoms with Crippen molar-refractivity contribution in [2.45, 2.75) is 12.4 Å². The number of rotatable bonds is 3. The van der Waals surface area contributed by atoms with E-state index in [0.717, 1.165) is 28.9 Å². The molecule has 0 aliphatic rings. The van der Waals surface area contributed by atoms with E-state index in [4.69, 9.17) is 0 Å². The predicted octanol–water partition coefficient (Wildman–Crippen LogP) is 5.65. The van der Waals surface area contributed by atoms with Crippen LogP contribution in [-0.2, 0) is 19.4 Å². The molecule has 0 unspecified atom stereocenters. The van der Waals surface area contributed by atoms with Gasteiger partial charge in [-0.1, -0.05) is 0 Å². The summed E-state index contributed by atoms with van der Waals surface area (Å²) in [5.41, 5.74) is -1.62. The lowest BCUT2D eigenvalue weighted by atomic mass is 10.0. The Morgan fingerprint density at radius 2 is 1.67 bits per heavy atom. The largest absolute Gasteiger partial charge is 0.435 e. The van der Waals surface area contributed by atoms with Gasteiger partial charge in [-0.05, 0) is 30.3 Å². The first-order valence-electron chi connectivity index (χ1n) is 9.26. The molecule has 0 atom stereocenters. The number of alkyl halides is 6. The van der Waals surface area contributed by atoms with Crippen LogP contribution in [-0.4, -0.2) is 25.8 Å². The van der Waals surface area contributed by atoms with Gasteiger partial charge in [-0.15, -0.1) is 0 Å². The lowest BCUT2D eigenvalue weighted by Gasteiger charge is -2.11. The summed E-state index contributed by atoms with van der Waals surface area (Å²) >= 11 is 0. The molecule has 3 N–H and O–H groups in total. The fourth-order valence-corrected chi connectivity index (χ4v) is 3.30. The number of nitrogens with one attached hydrogen (secondary N) is 3. The van der Waals surface area contributed by atoms with Crippen LogP contribution in [0.1, 0.15) is 11.3 Å². The van der Waals surface area contributed by atoms with Crippen molar-refractivity contribution >= 4 is 28.4 Å². The molecule has 33 heavy (non-hydrogen) atoms. The molecular weight excluding hydrogens is 454 g/mol. The fourth-order valence-electron chi connectivity index (χ4n) is 3.30. The van der Waals surface area contributed by atoms with E-state index in [1.54, 1.807) is 0 Å². The molecule has 172 valence electrons. The van der Waals surface area contributed by atoms with Crippen molar-refractivity contribution in [1.29, 1.82) is 0 Å². The number of hydrogen-bond donors (Lipinski definition) is 3. The highest BCUT2D eigenvalue weighted by Gasteiger charge is 2.38. The summed E-state index contributed by atoms with van der Waals surface area (Å²) in [7, 11) is 1.35. The Bertz CT molecular complexity index is 1320. The van der Waals surface area contributed by atoms with Crippen molar-refractivity contribution in [1.82, 2.24) is 19.7 Å². The number of pyridine rings is 1. The summed E-state index contributed by atoms with van der Waals surface area (Å²) in [5, 5.41) is 8.56. The lowest BCUT2D eigenvalue weighted by molar-refractivity contribution is -0.141. The molecule has 0 aliphatic heterocycles. The number of anilines is 2. The van der Waals surface area contributed by atoms with E-state index in [9.17, 15) is 31.1 Å². The first kappa shape index (κ1) is 22.2. The van der Waals surface area contributed by atoms with Gasteiger partial charge >= 0.3 is 18.4 Å². The maximum Gasteiger partial charge on any atom is 0.435 e. The fraction of sp³-hybridized carbons (Fsp3) is 0.150. The van der Waals surface area contributed by atoms with Gasteiger partial charge in [0.15, 0.2) is 5.69 Å². The van der Waals surface area contributed by atoms with Crippen molar-refractivity contribution in [3.63, 3.8) is 0 Å². The molecule has 3 heterocycles. The van der Waals surface area contributed by atoms with Gasteiger partial charge in [0, 0.05) is 42.5 Å². The monoisotopic (exact) mass is 468 g/mol. The number of fused-ring (bicyclic) bond motifs is 1. The zero-order chi connectivity index (χ0) is 24.0. The number of aryl methyl sites for hydroxylation is 1. The number of H-pyrrole nitrogens is 1. The Kier molecular flexibility index (Phi) is 5.26. The van der Waals surface area contributed by atoms with Gasteiger partial charge in [-0.2, -0.15) is 31.4 Å². The molecule has 2 amide bonds. The quantitative estimate of drug-likeness (QED) is 0.340. The SMILES string of the molecule is Cn1cc(-c2ccnc3[nH]cc(NC(=O)Nc4ccc(C(F)(F)F)cc4)c23)c(C(F)(F)F)n1. The van der Waals surface area contributed by atoms with E-state index in [1.807, 2.05) is 0 Å². The second-order valence-corrected chi connectivity index (χ2v) is 7.00. The molecule has 0 fully saturated rings.